The van der Waals surface area contributed by atoms with Crippen molar-refractivity contribution in [1.82, 2.24) is 10.2 Å². The number of nitrogens with zero attached hydrogens (tertiary/aromatic N) is 1. The van der Waals surface area contributed by atoms with Crippen molar-refractivity contribution in [2.45, 2.75) is 58.2 Å². The maximum absolute atomic E-state index is 9.20. The molecule has 3 nitrogen and oxygen atoms in total. The highest BCUT2D eigenvalue weighted by Gasteiger charge is 2.40. The molecule has 0 aromatic heterocycles. The van der Waals surface area contributed by atoms with Gasteiger partial charge in [-0.2, -0.15) is 0 Å². The molecule has 0 amide bonds. The smallest absolute Gasteiger partial charge is 0.0582 e. The van der Waals surface area contributed by atoms with Crippen molar-refractivity contribution in [2.24, 2.45) is 11.8 Å². The van der Waals surface area contributed by atoms with Crippen molar-refractivity contribution in [2.75, 3.05) is 19.7 Å². The van der Waals surface area contributed by atoms with Crippen LogP contribution in [0.15, 0.2) is 0 Å². The lowest BCUT2D eigenvalue weighted by molar-refractivity contribution is 0.0226. The van der Waals surface area contributed by atoms with Gasteiger partial charge in [0.15, 0.2) is 0 Å². The lowest BCUT2D eigenvalue weighted by Gasteiger charge is -2.49. The van der Waals surface area contributed by atoms with Gasteiger partial charge in [0.25, 0.3) is 0 Å². The van der Waals surface area contributed by atoms with Gasteiger partial charge < -0.3 is 15.3 Å². The monoisotopic (exact) mass is 240 g/mol. The fraction of sp³-hybridized carbons (Fsp3) is 1.00. The van der Waals surface area contributed by atoms with E-state index in [1.807, 2.05) is 0 Å². The summed E-state index contributed by atoms with van der Waals surface area (Å²) in [5.74, 6) is 1.58. The van der Waals surface area contributed by atoms with Crippen molar-refractivity contribution < 1.29 is 5.11 Å². The fourth-order valence-electron chi connectivity index (χ4n) is 3.55. The maximum atomic E-state index is 9.20. The molecular weight excluding hydrogens is 212 g/mol. The zero-order valence-electron chi connectivity index (χ0n) is 11.5. The van der Waals surface area contributed by atoms with Crippen molar-refractivity contribution in [1.29, 1.82) is 0 Å². The highest BCUT2D eigenvalue weighted by Crippen LogP contribution is 2.35. The molecule has 1 heterocycles. The summed E-state index contributed by atoms with van der Waals surface area (Å²) in [6.07, 6.45) is 4.11. The van der Waals surface area contributed by atoms with Crippen LogP contribution < -0.4 is 5.32 Å². The van der Waals surface area contributed by atoms with Gasteiger partial charge in [0.1, 0.15) is 0 Å². The Labute approximate surface area is 106 Å². The molecular formula is C14H28N2O. The van der Waals surface area contributed by atoms with Gasteiger partial charge in [0.2, 0.25) is 0 Å². The molecule has 3 unspecified atom stereocenters. The number of fused-ring (bicyclic) bond motifs is 2. The summed E-state index contributed by atoms with van der Waals surface area (Å²) in [4.78, 5) is 2.64. The summed E-state index contributed by atoms with van der Waals surface area (Å²) in [5.41, 5.74) is 0. The van der Waals surface area contributed by atoms with Gasteiger partial charge >= 0.3 is 0 Å². The van der Waals surface area contributed by atoms with Crippen LogP contribution >= 0.6 is 0 Å². The Hall–Kier alpha value is -0.120. The standard InChI is InChI=1S/C14H28N2O/c1-10(2)16-7-12-5-4-6-13(8-16)14(12)15-11(3)9-17/h10-15,17H,4-9H2,1-3H3. The first kappa shape index (κ1) is 13.3. The average molecular weight is 240 g/mol. The van der Waals surface area contributed by atoms with Crippen molar-refractivity contribution >= 4 is 0 Å². The molecule has 1 saturated heterocycles. The zero-order valence-corrected chi connectivity index (χ0v) is 11.5. The Morgan fingerprint density at radius 1 is 1.18 bits per heavy atom. The molecule has 0 aromatic rings. The van der Waals surface area contributed by atoms with Crippen LogP contribution in [0.3, 0.4) is 0 Å². The van der Waals surface area contributed by atoms with Gasteiger partial charge in [-0.1, -0.05) is 6.42 Å². The molecule has 1 saturated carbocycles. The van der Waals surface area contributed by atoms with Crippen molar-refractivity contribution in [3.05, 3.63) is 0 Å². The summed E-state index contributed by atoms with van der Waals surface area (Å²) in [6.45, 7) is 9.43. The second-order valence-corrected chi connectivity index (χ2v) is 6.27. The number of aliphatic hydroxyl groups excluding tert-OH is 1. The Morgan fingerprint density at radius 3 is 2.24 bits per heavy atom. The van der Waals surface area contributed by atoms with Crippen LogP contribution in [0.5, 0.6) is 0 Å². The second-order valence-electron chi connectivity index (χ2n) is 6.27. The van der Waals surface area contributed by atoms with Crippen LogP contribution in [0.2, 0.25) is 0 Å². The Bertz CT molecular complexity index is 230. The molecule has 2 N–H and O–H groups in total. The minimum Gasteiger partial charge on any atom is -0.395 e. The van der Waals surface area contributed by atoms with E-state index in [4.69, 9.17) is 0 Å². The first-order valence-electron chi connectivity index (χ1n) is 7.22. The van der Waals surface area contributed by atoms with Gasteiger partial charge in [0, 0.05) is 31.2 Å². The molecule has 17 heavy (non-hydrogen) atoms. The molecule has 2 bridgehead atoms. The summed E-state index contributed by atoms with van der Waals surface area (Å²) in [5, 5.41) is 12.8. The third-order valence-electron chi connectivity index (χ3n) is 4.58. The number of likely N-dealkylation sites (tertiary alicyclic amines) is 1. The molecule has 3 atom stereocenters. The maximum Gasteiger partial charge on any atom is 0.0582 e. The van der Waals surface area contributed by atoms with E-state index in [-0.39, 0.29) is 12.6 Å². The average Bonchev–Trinajstić information content (AvgIpc) is 2.27. The van der Waals surface area contributed by atoms with Crippen molar-refractivity contribution in [3.8, 4) is 0 Å². The third-order valence-corrected chi connectivity index (χ3v) is 4.58. The summed E-state index contributed by atoms with van der Waals surface area (Å²) >= 11 is 0. The van der Waals surface area contributed by atoms with Crippen LogP contribution in [0.4, 0.5) is 0 Å². The minimum atomic E-state index is 0.244. The highest BCUT2D eigenvalue weighted by atomic mass is 16.3. The van der Waals surface area contributed by atoms with Gasteiger partial charge in [-0.3, -0.25) is 0 Å². The van der Waals surface area contributed by atoms with Crippen LogP contribution in [0, 0.1) is 11.8 Å². The molecule has 100 valence electrons. The fourth-order valence-corrected chi connectivity index (χ4v) is 3.55. The van der Waals surface area contributed by atoms with Gasteiger partial charge in [-0.25, -0.2) is 0 Å². The Kier molecular flexibility index (Phi) is 4.45. The van der Waals surface area contributed by atoms with Crippen LogP contribution in [0.1, 0.15) is 40.0 Å². The molecule has 2 fully saturated rings. The van der Waals surface area contributed by atoms with E-state index >= 15 is 0 Å². The van der Waals surface area contributed by atoms with Gasteiger partial charge in [0.05, 0.1) is 6.61 Å². The number of hydrogen-bond donors (Lipinski definition) is 2. The van der Waals surface area contributed by atoms with Crippen LogP contribution in [-0.4, -0.2) is 47.8 Å². The number of hydrogen-bond acceptors (Lipinski definition) is 3. The van der Waals surface area contributed by atoms with E-state index in [0.29, 0.717) is 12.1 Å². The molecule has 1 aliphatic carbocycles. The van der Waals surface area contributed by atoms with Crippen LogP contribution in [0.25, 0.3) is 0 Å². The lowest BCUT2D eigenvalue weighted by Crippen LogP contribution is -2.60. The van der Waals surface area contributed by atoms with Crippen molar-refractivity contribution in [3.63, 3.8) is 0 Å². The highest BCUT2D eigenvalue weighted by molar-refractivity contribution is 4.96. The second kappa shape index (κ2) is 5.68. The Morgan fingerprint density at radius 2 is 1.76 bits per heavy atom. The van der Waals surface area contributed by atoms with E-state index in [0.717, 1.165) is 11.8 Å². The minimum absolute atomic E-state index is 0.244. The quantitative estimate of drug-likeness (QED) is 0.781. The molecule has 3 heteroatoms. The number of piperidine rings is 1. The van der Waals surface area contributed by atoms with Crippen LogP contribution in [-0.2, 0) is 0 Å². The molecule has 2 aliphatic rings. The lowest BCUT2D eigenvalue weighted by atomic mass is 9.73. The summed E-state index contributed by atoms with van der Waals surface area (Å²) < 4.78 is 0. The normalized spacial score (nSPS) is 36.2. The van der Waals surface area contributed by atoms with Gasteiger partial charge in [-0.05, 0) is 45.4 Å². The zero-order chi connectivity index (χ0) is 12.4. The molecule has 0 spiro atoms. The van der Waals surface area contributed by atoms with E-state index in [1.165, 1.54) is 32.4 Å². The number of aliphatic hydroxyl groups is 1. The molecule has 2 rings (SSSR count). The summed E-state index contributed by atoms with van der Waals surface area (Å²) in [6, 6.07) is 1.56. The first-order valence-corrected chi connectivity index (χ1v) is 7.22. The molecule has 0 radical (unpaired) electrons. The Balaban J connectivity index is 1.99. The topological polar surface area (TPSA) is 35.5 Å². The van der Waals surface area contributed by atoms with E-state index in [1.54, 1.807) is 0 Å². The largest absolute Gasteiger partial charge is 0.395 e. The predicted molar refractivity (Wildman–Crippen MR) is 71.0 cm³/mol. The van der Waals surface area contributed by atoms with E-state index in [9.17, 15) is 5.11 Å². The number of nitrogens with one attached hydrogen (secondary N) is 1. The molecule has 1 aliphatic heterocycles. The van der Waals surface area contributed by atoms with E-state index < -0.39 is 0 Å². The number of rotatable bonds is 4. The SMILES string of the molecule is CC(CO)NC1C2CCCC1CN(C(C)C)C2. The first-order chi connectivity index (χ1) is 8.11. The molecule has 0 aromatic carbocycles. The third kappa shape index (κ3) is 3.01. The van der Waals surface area contributed by atoms with E-state index in [2.05, 4.69) is 31.0 Å². The predicted octanol–water partition coefficient (Wildman–Crippen LogP) is 1.47. The van der Waals surface area contributed by atoms with Gasteiger partial charge in [-0.15, -0.1) is 0 Å². The summed E-state index contributed by atoms with van der Waals surface area (Å²) in [7, 11) is 0.